The summed E-state index contributed by atoms with van der Waals surface area (Å²) >= 11 is 5.26. The van der Waals surface area contributed by atoms with E-state index in [1.54, 1.807) is 0 Å². The predicted octanol–water partition coefficient (Wildman–Crippen LogP) is 3.51. The fourth-order valence-corrected chi connectivity index (χ4v) is 2.99. The van der Waals surface area contributed by atoms with Crippen molar-refractivity contribution in [3.63, 3.8) is 0 Å². The quantitative estimate of drug-likeness (QED) is 0.660. The second-order valence-corrected chi connectivity index (χ2v) is 5.73. The highest BCUT2D eigenvalue weighted by atomic mass is 32.1. The van der Waals surface area contributed by atoms with Crippen LogP contribution in [0.3, 0.4) is 0 Å². The van der Waals surface area contributed by atoms with Gasteiger partial charge in [0, 0.05) is 12.6 Å². The summed E-state index contributed by atoms with van der Waals surface area (Å²) in [7, 11) is 0. The van der Waals surface area contributed by atoms with Crippen molar-refractivity contribution in [2.75, 3.05) is 6.54 Å². The van der Waals surface area contributed by atoms with E-state index in [9.17, 15) is 4.79 Å². The minimum atomic E-state index is -0.641. The highest BCUT2D eigenvalue weighted by molar-refractivity contribution is 7.80. The molecule has 0 aromatic carbocycles. The van der Waals surface area contributed by atoms with Gasteiger partial charge in [-0.05, 0) is 33.1 Å². The van der Waals surface area contributed by atoms with Gasteiger partial charge in [0.25, 0.3) is 0 Å². The van der Waals surface area contributed by atoms with Crippen LogP contribution in [-0.2, 0) is 4.79 Å². The van der Waals surface area contributed by atoms with E-state index in [1.807, 2.05) is 11.8 Å². The van der Waals surface area contributed by atoms with Crippen molar-refractivity contribution in [1.29, 1.82) is 0 Å². The van der Waals surface area contributed by atoms with E-state index in [2.05, 4.69) is 27.7 Å². The molecule has 19 heavy (non-hydrogen) atoms. The van der Waals surface area contributed by atoms with E-state index in [4.69, 9.17) is 18.0 Å². The first-order valence-electron chi connectivity index (χ1n) is 7.52. The second-order valence-electron chi connectivity index (χ2n) is 5.29. The Morgan fingerprint density at radius 2 is 1.68 bits per heavy atom. The normalized spacial score (nSPS) is 13.1. The van der Waals surface area contributed by atoms with Gasteiger partial charge in [0.15, 0.2) is 0 Å². The van der Waals surface area contributed by atoms with E-state index in [0.29, 0.717) is 11.5 Å². The highest BCUT2D eigenvalue weighted by Gasteiger charge is 2.42. The molecule has 0 aliphatic heterocycles. The lowest BCUT2D eigenvalue weighted by molar-refractivity contribution is -0.141. The van der Waals surface area contributed by atoms with Gasteiger partial charge in [0.2, 0.25) is 5.91 Å². The van der Waals surface area contributed by atoms with E-state index in [0.717, 1.165) is 32.1 Å². The molecule has 0 aliphatic rings. The SMILES string of the molecule is CCCC(CCC)(C(=O)N(CC)C(C)CC)C(N)=S. The van der Waals surface area contributed by atoms with Crippen LogP contribution < -0.4 is 5.73 Å². The molecule has 1 unspecified atom stereocenters. The molecule has 0 radical (unpaired) electrons. The van der Waals surface area contributed by atoms with Crippen LogP contribution in [-0.4, -0.2) is 28.4 Å². The summed E-state index contributed by atoms with van der Waals surface area (Å²) in [4.78, 5) is 15.3. The minimum Gasteiger partial charge on any atom is -0.392 e. The predicted molar refractivity (Wildman–Crippen MR) is 86.2 cm³/mol. The van der Waals surface area contributed by atoms with E-state index in [-0.39, 0.29) is 11.9 Å². The summed E-state index contributed by atoms with van der Waals surface area (Å²) in [6.45, 7) is 11.1. The van der Waals surface area contributed by atoms with E-state index in [1.165, 1.54) is 0 Å². The lowest BCUT2D eigenvalue weighted by Gasteiger charge is -2.38. The van der Waals surface area contributed by atoms with Crippen LogP contribution in [0.1, 0.15) is 66.7 Å². The number of rotatable bonds is 9. The molecular formula is C15H30N2OS. The summed E-state index contributed by atoms with van der Waals surface area (Å²) in [6, 6.07) is 0.236. The van der Waals surface area contributed by atoms with Crippen LogP contribution in [0.25, 0.3) is 0 Å². The molecule has 0 aromatic heterocycles. The number of carbonyl (C=O) groups is 1. The first-order valence-corrected chi connectivity index (χ1v) is 7.92. The molecule has 0 fully saturated rings. The van der Waals surface area contributed by atoms with Crippen molar-refractivity contribution in [2.24, 2.45) is 11.1 Å². The summed E-state index contributed by atoms with van der Waals surface area (Å²) < 4.78 is 0. The Hall–Kier alpha value is -0.640. The molecule has 4 heteroatoms. The van der Waals surface area contributed by atoms with Crippen LogP contribution in [0.2, 0.25) is 0 Å². The Bertz CT molecular complexity index is 299. The molecule has 0 bridgehead atoms. The Morgan fingerprint density at radius 3 is 1.95 bits per heavy atom. The number of nitrogens with two attached hydrogens (primary N) is 1. The molecule has 0 spiro atoms. The van der Waals surface area contributed by atoms with Crippen molar-refractivity contribution in [2.45, 2.75) is 72.8 Å². The fourth-order valence-electron chi connectivity index (χ4n) is 2.69. The van der Waals surface area contributed by atoms with Crippen molar-refractivity contribution < 1.29 is 4.79 Å². The maximum absolute atomic E-state index is 13.0. The number of nitrogens with zero attached hydrogens (tertiary/aromatic N) is 1. The van der Waals surface area contributed by atoms with Crippen molar-refractivity contribution in [3.8, 4) is 0 Å². The topological polar surface area (TPSA) is 46.3 Å². The molecule has 0 rings (SSSR count). The Kier molecular flexibility index (Phi) is 8.23. The van der Waals surface area contributed by atoms with Gasteiger partial charge in [-0.1, -0.05) is 45.8 Å². The summed E-state index contributed by atoms with van der Waals surface area (Å²) in [5.74, 6) is 0.126. The van der Waals surface area contributed by atoms with Gasteiger partial charge in [-0.3, -0.25) is 4.79 Å². The minimum absolute atomic E-state index is 0.126. The van der Waals surface area contributed by atoms with Gasteiger partial charge in [-0.15, -0.1) is 0 Å². The standard InChI is InChI=1S/C15H30N2OS/c1-6-10-15(11-7-2,13(16)19)14(18)17(9-4)12(5)8-3/h12H,6-11H2,1-5H3,(H2,16,19). The first-order chi connectivity index (χ1) is 8.91. The largest absolute Gasteiger partial charge is 0.392 e. The molecule has 0 saturated carbocycles. The average molecular weight is 286 g/mol. The molecule has 112 valence electrons. The van der Waals surface area contributed by atoms with Gasteiger partial charge in [0.05, 0.1) is 10.4 Å². The zero-order valence-corrected chi connectivity index (χ0v) is 14.0. The molecular weight excluding hydrogens is 256 g/mol. The maximum atomic E-state index is 13.0. The third-order valence-electron chi connectivity index (χ3n) is 3.96. The van der Waals surface area contributed by atoms with Gasteiger partial charge >= 0.3 is 0 Å². The van der Waals surface area contributed by atoms with Crippen LogP contribution >= 0.6 is 12.2 Å². The fraction of sp³-hybridized carbons (Fsp3) is 0.867. The molecule has 0 aromatic rings. The van der Waals surface area contributed by atoms with Crippen LogP contribution in [0.15, 0.2) is 0 Å². The van der Waals surface area contributed by atoms with Crippen LogP contribution in [0.5, 0.6) is 0 Å². The third kappa shape index (κ3) is 4.16. The molecule has 0 aliphatic carbocycles. The second kappa shape index (κ2) is 8.51. The molecule has 3 nitrogen and oxygen atoms in total. The summed E-state index contributed by atoms with van der Waals surface area (Å²) in [6.07, 6.45) is 4.29. The van der Waals surface area contributed by atoms with Gasteiger partial charge < -0.3 is 10.6 Å². The molecule has 0 saturated heterocycles. The number of amides is 1. The monoisotopic (exact) mass is 286 g/mol. The molecule has 1 atom stereocenters. The van der Waals surface area contributed by atoms with Crippen LogP contribution in [0, 0.1) is 5.41 Å². The first kappa shape index (κ1) is 18.4. The Labute approximate surface area is 123 Å². The molecule has 0 heterocycles. The van der Waals surface area contributed by atoms with Gasteiger partial charge in [-0.2, -0.15) is 0 Å². The lowest BCUT2D eigenvalue weighted by atomic mass is 9.77. The Morgan fingerprint density at radius 1 is 1.21 bits per heavy atom. The Balaban J connectivity index is 5.44. The summed E-state index contributed by atoms with van der Waals surface area (Å²) in [5, 5.41) is 0. The highest BCUT2D eigenvalue weighted by Crippen LogP contribution is 2.33. The van der Waals surface area contributed by atoms with E-state index < -0.39 is 5.41 Å². The number of hydrogen-bond acceptors (Lipinski definition) is 2. The van der Waals surface area contributed by atoms with Crippen molar-refractivity contribution >= 4 is 23.1 Å². The molecule has 1 amide bonds. The van der Waals surface area contributed by atoms with Gasteiger partial charge in [0.1, 0.15) is 0 Å². The zero-order chi connectivity index (χ0) is 15.1. The third-order valence-corrected chi connectivity index (χ3v) is 4.35. The van der Waals surface area contributed by atoms with Crippen LogP contribution in [0.4, 0.5) is 0 Å². The van der Waals surface area contributed by atoms with E-state index >= 15 is 0 Å². The number of carbonyl (C=O) groups excluding carboxylic acids is 1. The average Bonchev–Trinajstić information content (AvgIpc) is 2.38. The smallest absolute Gasteiger partial charge is 0.235 e. The van der Waals surface area contributed by atoms with Crippen molar-refractivity contribution in [1.82, 2.24) is 4.90 Å². The maximum Gasteiger partial charge on any atom is 0.235 e. The van der Waals surface area contributed by atoms with Crippen molar-refractivity contribution in [3.05, 3.63) is 0 Å². The lowest BCUT2D eigenvalue weighted by Crippen LogP contribution is -2.53. The zero-order valence-electron chi connectivity index (χ0n) is 13.2. The summed E-state index contributed by atoms with van der Waals surface area (Å²) in [5.41, 5.74) is 5.32. The molecule has 2 N–H and O–H groups in total. The number of thiocarbonyl (C=S) groups is 1. The van der Waals surface area contributed by atoms with Gasteiger partial charge in [-0.25, -0.2) is 0 Å². The number of hydrogen-bond donors (Lipinski definition) is 1.